The van der Waals surface area contributed by atoms with E-state index in [1.54, 1.807) is 0 Å². The average Bonchev–Trinajstić information content (AvgIpc) is 2.35. The van der Waals surface area contributed by atoms with Crippen molar-refractivity contribution in [1.29, 1.82) is 0 Å². The second-order valence-corrected chi connectivity index (χ2v) is 4.03. The van der Waals surface area contributed by atoms with Crippen molar-refractivity contribution < 1.29 is 4.79 Å². The number of halogens is 1. The highest BCUT2D eigenvalue weighted by Crippen LogP contribution is 2.59. The molecule has 1 aliphatic rings. The van der Waals surface area contributed by atoms with Crippen molar-refractivity contribution in [2.75, 3.05) is 0 Å². The lowest BCUT2D eigenvalue weighted by atomic mass is 10.1. The number of hydrogen-bond donors (Lipinski definition) is 0. The van der Waals surface area contributed by atoms with Crippen LogP contribution in [0.2, 0.25) is 0 Å². The lowest BCUT2D eigenvalue weighted by molar-refractivity contribution is -0.113. The SMILES string of the molecule is CC=C[C@@H]1[C@H](C(=O)Cl)C1(C)C. The maximum atomic E-state index is 10.8. The van der Waals surface area contributed by atoms with Crippen LogP contribution in [-0.4, -0.2) is 5.24 Å². The number of allylic oxidation sites excluding steroid dienone is 2. The Balaban J connectivity index is 2.68. The first kappa shape index (κ1) is 8.79. The van der Waals surface area contributed by atoms with E-state index in [0.717, 1.165) is 0 Å². The molecule has 0 amide bonds. The fraction of sp³-hybridized carbons (Fsp3) is 0.667. The second kappa shape index (κ2) is 2.63. The van der Waals surface area contributed by atoms with Crippen molar-refractivity contribution in [3.8, 4) is 0 Å². The van der Waals surface area contributed by atoms with E-state index in [1.165, 1.54) is 0 Å². The van der Waals surface area contributed by atoms with Crippen LogP contribution in [-0.2, 0) is 4.79 Å². The minimum Gasteiger partial charge on any atom is -0.281 e. The van der Waals surface area contributed by atoms with Crippen molar-refractivity contribution in [1.82, 2.24) is 0 Å². The predicted molar refractivity (Wildman–Crippen MR) is 46.4 cm³/mol. The summed E-state index contributed by atoms with van der Waals surface area (Å²) >= 11 is 5.42. The maximum absolute atomic E-state index is 10.8. The third-order valence-electron chi connectivity index (χ3n) is 2.55. The molecule has 0 bridgehead atoms. The summed E-state index contributed by atoms with van der Waals surface area (Å²) in [4.78, 5) is 10.8. The van der Waals surface area contributed by atoms with E-state index < -0.39 is 0 Å². The van der Waals surface area contributed by atoms with Gasteiger partial charge in [-0.25, -0.2) is 0 Å². The van der Waals surface area contributed by atoms with E-state index in [9.17, 15) is 4.79 Å². The van der Waals surface area contributed by atoms with E-state index >= 15 is 0 Å². The van der Waals surface area contributed by atoms with Crippen molar-refractivity contribution >= 4 is 16.8 Å². The zero-order valence-corrected chi connectivity index (χ0v) is 7.85. The van der Waals surface area contributed by atoms with E-state index in [0.29, 0.717) is 5.92 Å². The Bertz CT molecular complexity index is 206. The second-order valence-electron chi connectivity index (χ2n) is 3.65. The molecule has 1 rings (SSSR count). The van der Waals surface area contributed by atoms with Crippen LogP contribution in [0.25, 0.3) is 0 Å². The van der Waals surface area contributed by atoms with Crippen LogP contribution in [0.1, 0.15) is 20.8 Å². The van der Waals surface area contributed by atoms with Gasteiger partial charge in [-0.15, -0.1) is 0 Å². The summed E-state index contributed by atoms with van der Waals surface area (Å²) in [5.74, 6) is 0.401. The summed E-state index contributed by atoms with van der Waals surface area (Å²) in [7, 11) is 0. The van der Waals surface area contributed by atoms with Gasteiger partial charge in [0.15, 0.2) is 0 Å². The molecule has 0 saturated heterocycles. The van der Waals surface area contributed by atoms with E-state index in [4.69, 9.17) is 11.6 Å². The number of rotatable bonds is 2. The molecule has 1 saturated carbocycles. The fourth-order valence-electron chi connectivity index (χ4n) is 1.68. The van der Waals surface area contributed by atoms with Gasteiger partial charge >= 0.3 is 0 Å². The van der Waals surface area contributed by atoms with Gasteiger partial charge in [0, 0.05) is 5.92 Å². The molecule has 11 heavy (non-hydrogen) atoms. The highest BCUT2D eigenvalue weighted by Gasteiger charge is 2.59. The molecule has 2 atom stereocenters. The molecule has 0 aliphatic heterocycles. The fourth-order valence-corrected chi connectivity index (χ4v) is 2.09. The lowest BCUT2D eigenvalue weighted by Crippen LogP contribution is -1.96. The van der Waals surface area contributed by atoms with Gasteiger partial charge < -0.3 is 0 Å². The Hall–Kier alpha value is -0.300. The summed E-state index contributed by atoms with van der Waals surface area (Å²) in [6.07, 6.45) is 4.04. The Labute approximate surface area is 72.4 Å². The van der Waals surface area contributed by atoms with E-state index in [1.807, 2.05) is 13.0 Å². The normalized spacial score (nSPS) is 34.2. The van der Waals surface area contributed by atoms with Crippen LogP contribution in [0.3, 0.4) is 0 Å². The monoisotopic (exact) mass is 172 g/mol. The van der Waals surface area contributed by atoms with Gasteiger partial charge in [-0.05, 0) is 29.9 Å². The zero-order chi connectivity index (χ0) is 8.65. The molecule has 2 heteroatoms. The molecule has 0 unspecified atom stereocenters. The van der Waals surface area contributed by atoms with Gasteiger partial charge in [0.05, 0.1) is 0 Å². The van der Waals surface area contributed by atoms with Crippen molar-refractivity contribution in [3.63, 3.8) is 0 Å². The summed E-state index contributed by atoms with van der Waals surface area (Å²) < 4.78 is 0. The van der Waals surface area contributed by atoms with Gasteiger partial charge in [-0.2, -0.15) is 0 Å². The Morgan fingerprint density at radius 1 is 1.55 bits per heavy atom. The predicted octanol–water partition coefficient (Wildman–Crippen LogP) is 2.60. The van der Waals surface area contributed by atoms with Gasteiger partial charge in [-0.1, -0.05) is 26.0 Å². The summed E-state index contributed by atoms with van der Waals surface area (Å²) in [6, 6.07) is 0. The first-order valence-electron chi connectivity index (χ1n) is 3.84. The van der Waals surface area contributed by atoms with Crippen molar-refractivity contribution in [3.05, 3.63) is 12.2 Å². The topological polar surface area (TPSA) is 17.1 Å². The molecule has 1 aliphatic carbocycles. The van der Waals surface area contributed by atoms with Crippen molar-refractivity contribution in [2.45, 2.75) is 20.8 Å². The largest absolute Gasteiger partial charge is 0.281 e. The summed E-state index contributed by atoms with van der Waals surface area (Å²) in [5, 5.41) is -0.196. The molecule has 0 radical (unpaired) electrons. The Morgan fingerprint density at radius 2 is 2.09 bits per heavy atom. The van der Waals surface area contributed by atoms with Crippen LogP contribution in [0.15, 0.2) is 12.2 Å². The molecule has 0 spiro atoms. The minimum absolute atomic E-state index is 0.0420. The number of hydrogen-bond acceptors (Lipinski definition) is 1. The first-order chi connectivity index (χ1) is 5.01. The molecule has 62 valence electrons. The van der Waals surface area contributed by atoms with Crippen LogP contribution in [0, 0.1) is 17.3 Å². The molecule has 0 heterocycles. The third kappa shape index (κ3) is 1.34. The Kier molecular flexibility index (Phi) is 2.10. The first-order valence-corrected chi connectivity index (χ1v) is 4.21. The lowest BCUT2D eigenvalue weighted by Gasteiger charge is -1.95. The van der Waals surface area contributed by atoms with Crippen molar-refractivity contribution in [2.24, 2.45) is 17.3 Å². The zero-order valence-electron chi connectivity index (χ0n) is 7.10. The van der Waals surface area contributed by atoms with Gasteiger partial charge in [0.1, 0.15) is 0 Å². The standard InChI is InChI=1S/C9H13ClO/c1-4-5-6-7(8(10)11)9(6,2)3/h4-7H,1-3H3/t6-,7-/m1/s1. The number of carbonyl (C=O) groups excluding carboxylic acids is 1. The number of carbonyl (C=O) groups is 1. The smallest absolute Gasteiger partial charge is 0.225 e. The molecule has 0 aromatic rings. The summed E-state index contributed by atoms with van der Waals surface area (Å²) in [5.41, 5.74) is 0.0886. The van der Waals surface area contributed by atoms with Gasteiger partial charge in [0.25, 0.3) is 0 Å². The van der Waals surface area contributed by atoms with Gasteiger partial charge in [-0.3, -0.25) is 4.79 Å². The molecule has 1 nitrogen and oxygen atoms in total. The van der Waals surface area contributed by atoms with Gasteiger partial charge in [0.2, 0.25) is 5.24 Å². The minimum atomic E-state index is -0.196. The molecule has 0 aromatic heterocycles. The third-order valence-corrected chi connectivity index (χ3v) is 2.79. The maximum Gasteiger partial charge on any atom is 0.225 e. The van der Waals surface area contributed by atoms with Crippen LogP contribution in [0.5, 0.6) is 0 Å². The van der Waals surface area contributed by atoms with Crippen LogP contribution >= 0.6 is 11.6 Å². The summed E-state index contributed by atoms with van der Waals surface area (Å²) in [6.45, 7) is 6.11. The quantitative estimate of drug-likeness (QED) is 0.462. The molecular formula is C9H13ClO. The van der Waals surface area contributed by atoms with Crippen LogP contribution < -0.4 is 0 Å². The van der Waals surface area contributed by atoms with E-state index in [-0.39, 0.29) is 16.6 Å². The molecular weight excluding hydrogens is 160 g/mol. The highest BCUT2D eigenvalue weighted by molar-refractivity contribution is 6.64. The molecule has 1 fully saturated rings. The Morgan fingerprint density at radius 3 is 2.36 bits per heavy atom. The highest BCUT2D eigenvalue weighted by atomic mass is 35.5. The van der Waals surface area contributed by atoms with E-state index in [2.05, 4.69) is 19.9 Å². The average molecular weight is 173 g/mol. The molecule has 0 aromatic carbocycles. The molecule has 0 N–H and O–H groups in total. The van der Waals surface area contributed by atoms with Crippen LogP contribution in [0.4, 0.5) is 0 Å².